The van der Waals surface area contributed by atoms with E-state index in [9.17, 15) is 4.79 Å². The second kappa shape index (κ2) is 5.52. The molecule has 0 aliphatic carbocycles. The number of benzene rings is 1. The quantitative estimate of drug-likeness (QED) is 0.800. The van der Waals surface area contributed by atoms with Crippen molar-refractivity contribution < 1.29 is 4.79 Å². The molecule has 3 rings (SSSR count). The summed E-state index contributed by atoms with van der Waals surface area (Å²) in [4.78, 5) is 21.5. The number of anilines is 1. The molecule has 100 valence electrons. The number of aryl methyl sites for hydroxylation is 1. The average molecular weight is 301 g/mol. The first-order valence-corrected chi connectivity index (χ1v) is 7.67. The Balaban J connectivity index is 1.96. The summed E-state index contributed by atoms with van der Waals surface area (Å²) in [5, 5.41) is 6.09. The standard InChI is InChI=1S/C14H11N3OS2/c1-9-16-11(10-5-3-2-4-6-10)12(20-9)13(18)17-14-15-7-8-19-14/h2-8H,1H3,(H,15,17,18). The number of rotatable bonds is 3. The van der Waals surface area contributed by atoms with Crippen molar-refractivity contribution in [3.8, 4) is 11.3 Å². The molecule has 0 aliphatic rings. The highest BCUT2D eigenvalue weighted by Crippen LogP contribution is 2.28. The Hall–Kier alpha value is -2.05. The van der Waals surface area contributed by atoms with Gasteiger partial charge in [-0.15, -0.1) is 22.7 Å². The predicted octanol–water partition coefficient (Wildman–Crippen LogP) is 3.83. The summed E-state index contributed by atoms with van der Waals surface area (Å²) < 4.78 is 0. The first kappa shape index (κ1) is 13.0. The highest BCUT2D eigenvalue weighted by molar-refractivity contribution is 7.15. The first-order valence-electron chi connectivity index (χ1n) is 5.98. The number of carbonyl (C=O) groups is 1. The minimum absolute atomic E-state index is 0.163. The number of hydrogen-bond donors (Lipinski definition) is 1. The van der Waals surface area contributed by atoms with Gasteiger partial charge < -0.3 is 0 Å². The van der Waals surface area contributed by atoms with Gasteiger partial charge in [0.1, 0.15) is 4.88 Å². The Bertz CT molecular complexity index is 720. The van der Waals surface area contributed by atoms with E-state index >= 15 is 0 Å². The molecule has 0 saturated heterocycles. The number of nitrogens with one attached hydrogen (secondary N) is 1. The van der Waals surface area contributed by atoms with Crippen LogP contribution >= 0.6 is 22.7 Å². The molecule has 0 aliphatic heterocycles. The van der Waals surface area contributed by atoms with Gasteiger partial charge in [-0.25, -0.2) is 9.97 Å². The molecule has 3 aromatic rings. The van der Waals surface area contributed by atoms with Crippen molar-refractivity contribution in [3.63, 3.8) is 0 Å². The Kier molecular flexibility index (Phi) is 3.58. The number of thiazole rings is 2. The molecule has 1 aromatic carbocycles. The molecule has 1 amide bonds. The molecule has 0 radical (unpaired) electrons. The molecule has 0 fully saturated rings. The third kappa shape index (κ3) is 2.61. The van der Waals surface area contributed by atoms with Crippen LogP contribution in [-0.2, 0) is 0 Å². The van der Waals surface area contributed by atoms with Gasteiger partial charge in [-0.2, -0.15) is 0 Å². The zero-order chi connectivity index (χ0) is 13.9. The molecule has 1 N–H and O–H groups in total. The van der Waals surface area contributed by atoms with Crippen molar-refractivity contribution in [1.82, 2.24) is 9.97 Å². The molecular formula is C14H11N3OS2. The van der Waals surface area contributed by atoms with Crippen LogP contribution in [0.5, 0.6) is 0 Å². The molecule has 20 heavy (non-hydrogen) atoms. The van der Waals surface area contributed by atoms with Crippen molar-refractivity contribution in [1.29, 1.82) is 0 Å². The Morgan fingerprint density at radius 2 is 2.05 bits per heavy atom. The van der Waals surface area contributed by atoms with Crippen LogP contribution in [0.15, 0.2) is 41.9 Å². The first-order chi connectivity index (χ1) is 9.74. The Morgan fingerprint density at radius 1 is 1.25 bits per heavy atom. The van der Waals surface area contributed by atoms with Gasteiger partial charge in [0.15, 0.2) is 5.13 Å². The van der Waals surface area contributed by atoms with Crippen molar-refractivity contribution in [2.45, 2.75) is 6.92 Å². The minimum atomic E-state index is -0.163. The molecule has 6 heteroatoms. The van der Waals surface area contributed by atoms with Crippen molar-refractivity contribution in [2.75, 3.05) is 5.32 Å². The molecule has 0 saturated carbocycles. The Labute approximate surface area is 124 Å². The number of carbonyl (C=O) groups excluding carboxylic acids is 1. The van der Waals surface area contributed by atoms with Gasteiger partial charge in [0.2, 0.25) is 0 Å². The molecule has 0 spiro atoms. The van der Waals surface area contributed by atoms with Gasteiger partial charge in [0, 0.05) is 17.1 Å². The van der Waals surface area contributed by atoms with Gasteiger partial charge in [-0.1, -0.05) is 30.3 Å². The molecule has 2 heterocycles. The van der Waals surface area contributed by atoms with Crippen LogP contribution in [0.1, 0.15) is 14.7 Å². The number of amides is 1. The third-order valence-electron chi connectivity index (χ3n) is 2.64. The SMILES string of the molecule is Cc1nc(-c2ccccc2)c(C(=O)Nc2nccs2)s1. The summed E-state index contributed by atoms with van der Waals surface area (Å²) in [5.74, 6) is -0.163. The van der Waals surface area contributed by atoms with Crippen LogP contribution in [0.4, 0.5) is 5.13 Å². The van der Waals surface area contributed by atoms with E-state index in [1.807, 2.05) is 42.6 Å². The lowest BCUT2D eigenvalue weighted by Gasteiger charge is -2.02. The molecule has 0 unspecified atom stereocenters. The van der Waals surface area contributed by atoms with E-state index in [0.717, 1.165) is 16.3 Å². The van der Waals surface area contributed by atoms with Crippen LogP contribution in [0.3, 0.4) is 0 Å². The number of hydrogen-bond acceptors (Lipinski definition) is 5. The smallest absolute Gasteiger partial charge is 0.269 e. The summed E-state index contributed by atoms with van der Waals surface area (Å²) in [5.41, 5.74) is 1.67. The lowest BCUT2D eigenvalue weighted by atomic mass is 10.1. The maximum absolute atomic E-state index is 12.3. The van der Waals surface area contributed by atoms with Crippen LogP contribution < -0.4 is 5.32 Å². The number of aromatic nitrogens is 2. The average Bonchev–Trinajstić information content (AvgIpc) is 3.09. The molecule has 0 atom stereocenters. The monoisotopic (exact) mass is 301 g/mol. The summed E-state index contributed by atoms with van der Waals surface area (Å²) in [6.07, 6.45) is 1.66. The molecule has 0 bridgehead atoms. The van der Waals surface area contributed by atoms with E-state index in [4.69, 9.17) is 0 Å². The van der Waals surface area contributed by atoms with Gasteiger partial charge in [0.25, 0.3) is 5.91 Å². The number of nitrogens with zero attached hydrogens (tertiary/aromatic N) is 2. The predicted molar refractivity (Wildman–Crippen MR) is 82.4 cm³/mol. The maximum atomic E-state index is 12.3. The second-order valence-corrected chi connectivity index (χ2v) is 6.17. The molecule has 2 aromatic heterocycles. The highest BCUT2D eigenvalue weighted by atomic mass is 32.1. The van der Waals surface area contributed by atoms with Crippen LogP contribution in [0.2, 0.25) is 0 Å². The van der Waals surface area contributed by atoms with Gasteiger partial charge >= 0.3 is 0 Å². The summed E-state index contributed by atoms with van der Waals surface area (Å²) >= 11 is 2.79. The minimum Gasteiger partial charge on any atom is -0.297 e. The molecular weight excluding hydrogens is 290 g/mol. The van der Waals surface area contributed by atoms with E-state index in [2.05, 4.69) is 15.3 Å². The van der Waals surface area contributed by atoms with Gasteiger partial charge in [-0.05, 0) is 6.92 Å². The van der Waals surface area contributed by atoms with E-state index in [1.165, 1.54) is 22.7 Å². The normalized spacial score (nSPS) is 10.4. The van der Waals surface area contributed by atoms with Crippen molar-refractivity contribution >= 4 is 33.7 Å². The lowest BCUT2D eigenvalue weighted by Crippen LogP contribution is -2.11. The third-order valence-corrected chi connectivity index (χ3v) is 4.30. The van der Waals surface area contributed by atoms with E-state index in [1.54, 1.807) is 6.20 Å². The fourth-order valence-electron chi connectivity index (χ4n) is 1.81. The largest absolute Gasteiger partial charge is 0.297 e. The zero-order valence-corrected chi connectivity index (χ0v) is 12.3. The van der Waals surface area contributed by atoms with Gasteiger partial charge in [0.05, 0.1) is 10.7 Å². The maximum Gasteiger partial charge on any atom is 0.269 e. The van der Waals surface area contributed by atoms with Gasteiger partial charge in [-0.3, -0.25) is 10.1 Å². The zero-order valence-electron chi connectivity index (χ0n) is 10.7. The second-order valence-electron chi connectivity index (χ2n) is 4.07. The topological polar surface area (TPSA) is 54.9 Å². The summed E-state index contributed by atoms with van der Waals surface area (Å²) in [6, 6.07) is 9.72. The van der Waals surface area contributed by atoms with E-state index in [0.29, 0.717) is 10.0 Å². The van der Waals surface area contributed by atoms with Crippen molar-refractivity contribution in [3.05, 3.63) is 51.8 Å². The summed E-state index contributed by atoms with van der Waals surface area (Å²) in [7, 11) is 0. The fourth-order valence-corrected chi connectivity index (χ4v) is 3.17. The van der Waals surface area contributed by atoms with Crippen LogP contribution in [-0.4, -0.2) is 15.9 Å². The summed E-state index contributed by atoms with van der Waals surface area (Å²) in [6.45, 7) is 1.90. The van der Waals surface area contributed by atoms with E-state index < -0.39 is 0 Å². The molecule has 4 nitrogen and oxygen atoms in total. The highest BCUT2D eigenvalue weighted by Gasteiger charge is 2.18. The van der Waals surface area contributed by atoms with Crippen molar-refractivity contribution in [2.24, 2.45) is 0 Å². The Morgan fingerprint density at radius 3 is 2.75 bits per heavy atom. The lowest BCUT2D eigenvalue weighted by molar-refractivity contribution is 0.103. The fraction of sp³-hybridized carbons (Fsp3) is 0.0714. The van der Waals surface area contributed by atoms with E-state index in [-0.39, 0.29) is 5.91 Å². The van der Waals surface area contributed by atoms with Crippen LogP contribution in [0, 0.1) is 6.92 Å². The van der Waals surface area contributed by atoms with Crippen LogP contribution in [0.25, 0.3) is 11.3 Å².